The van der Waals surface area contributed by atoms with E-state index in [1.807, 2.05) is 19.9 Å². The molecular formula is C14H19NO3. The molecule has 0 fully saturated rings. The Labute approximate surface area is 107 Å². The first-order valence-electron chi connectivity index (χ1n) is 6.45. The molecule has 1 amide bonds. The molecule has 0 saturated carbocycles. The van der Waals surface area contributed by atoms with Crippen molar-refractivity contribution in [2.24, 2.45) is 0 Å². The SMILES string of the molecule is CCN(CC)C(=O)c1ccc2c(c1)OCCCO2. The summed E-state index contributed by atoms with van der Waals surface area (Å²) in [6.45, 7) is 6.68. The Morgan fingerprint density at radius 2 is 1.83 bits per heavy atom. The number of carbonyl (C=O) groups excluding carboxylic acids is 1. The molecule has 18 heavy (non-hydrogen) atoms. The van der Waals surface area contributed by atoms with Gasteiger partial charge in [-0.2, -0.15) is 0 Å². The molecule has 4 heteroatoms. The standard InChI is InChI=1S/C14H19NO3/c1-3-15(4-2)14(16)11-6-7-12-13(10-11)18-9-5-8-17-12/h6-7,10H,3-5,8-9H2,1-2H3. The number of ether oxygens (including phenoxy) is 2. The number of hydrogen-bond acceptors (Lipinski definition) is 3. The molecule has 1 heterocycles. The van der Waals surface area contributed by atoms with E-state index in [0.717, 1.165) is 12.2 Å². The smallest absolute Gasteiger partial charge is 0.253 e. The van der Waals surface area contributed by atoms with E-state index in [4.69, 9.17) is 9.47 Å². The van der Waals surface area contributed by atoms with Gasteiger partial charge in [-0.25, -0.2) is 0 Å². The molecule has 4 nitrogen and oxygen atoms in total. The van der Waals surface area contributed by atoms with Crippen molar-refractivity contribution in [2.75, 3.05) is 26.3 Å². The van der Waals surface area contributed by atoms with Crippen molar-refractivity contribution >= 4 is 5.91 Å². The van der Waals surface area contributed by atoms with Crippen LogP contribution >= 0.6 is 0 Å². The zero-order valence-electron chi connectivity index (χ0n) is 10.9. The number of fused-ring (bicyclic) bond motifs is 1. The number of amides is 1. The fourth-order valence-electron chi connectivity index (χ4n) is 1.99. The molecule has 0 unspecified atom stereocenters. The van der Waals surface area contributed by atoms with E-state index in [9.17, 15) is 4.79 Å². The zero-order chi connectivity index (χ0) is 13.0. The van der Waals surface area contributed by atoms with E-state index in [-0.39, 0.29) is 5.91 Å². The van der Waals surface area contributed by atoms with E-state index >= 15 is 0 Å². The van der Waals surface area contributed by atoms with Crippen LogP contribution in [0.25, 0.3) is 0 Å². The number of nitrogens with zero attached hydrogens (tertiary/aromatic N) is 1. The third-order valence-corrected chi connectivity index (χ3v) is 3.05. The van der Waals surface area contributed by atoms with Gasteiger partial charge in [-0.05, 0) is 32.0 Å². The summed E-state index contributed by atoms with van der Waals surface area (Å²) in [4.78, 5) is 14.0. The molecule has 0 bridgehead atoms. The highest BCUT2D eigenvalue weighted by atomic mass is 16.5. The van der Waals surface area contributed by atoms with Crippen molar-refractivity contribution < 1.29 is 14.3 Å². The van der Waals surface area contributed by atoms with E-state index in [2.05, 4.69) is 0 Å². The molecule has 1 aliphatic heterocycles. The zero-order valence-corrected chi connectivity index (χ0v) is 10.9. The van der Waals surface area contributed by atoms with E-state index < -0.39 is 0 Å². The lowest BCUT2D eigenvalue weighted by atomic mass is 10.1. The van der Waals surface area contributed by atoms with Crippen molar-refractivity contribution in [3.63, 3.8) is 0 Å². The first-order valence-corrected chi connectivity index (χ1v) is 6.45. The Balaban J connectivity index is 2.24. The fourth-order valence-corrected chi connectivity index (χ4v) is 1.99. The van der Waals surface area contributed by atoms with Gasteiger partial charge < -0.3 is 14.4 Å². The van der Waals surface area contributed by atoms with Crippen LogP contribution in [0.15, 0.2) is 18.2 Å². The number of rotatable bonds is 3. The Morgan fingerprint density at radius 3 is 2.50 bits per heavy atom. The molecule has 1 aromatic carbocycles. The van der Waals surface area contributed by atoms with Gasteiger partial charge in [0.25, 0.3) is 5.91 Å². The van der Waals surface area contributed by atoms with E-state index in [0.29, 0.717) is 37.6 Å². The molecule has 0 radical (unpaired) electrons. The van der Waals surface area contributed by atoms with Crippen molar-refractivity contribution in [1.82, 2.24) is 4.90 Å². The maximum absolute atomic E-state index is 12.2. The summed E-state index contributed by atoms with van der Waals surface area (Å²) >= 11 is 0. The fraction of sp³-hybridized carbons (Fsp3) is 0.500. The molecule has 0 N–H and O–H groups in total. The molecule has 0 atom stereocenters. The van der Waals surface area contributed by atoms with Crippen LogP contribution in [0.3, 0.4) is 0 Å². The Kier molecular flexibility index (Phi) is 4.07. The van der Waals surface area contributed by atoms with Crippen LogP contribution in [-0.4, -0.2) is 37.1 Å². The van der Waals surface area contributed by atoms with Gasteiger partial charge in [0, 0.05) is 25.1 Å². The molecular weight excluding hydrogens is 230 g/mol. The average Bonchev–Trinajstić information content (AvgIpc) is 2.64. The second-order valence-electron chi connectivity index (χ2n) is 4.19. The predicted octanol–water partition coefficient (Wildman–Crippen LogP) is 2.33. The minimum Gasteiger partial charge on any atom is -0.490 e. The highest BCUT2D eigenvalue weighted by Crippen LogP contribution is 2.30. The van der Waals surface area contributed by atoms with Crippen LogP contribution in [0, 0.1) is 0 Å². The van der Waals surface area contributed by atoms with E-state index in [1.165, 1.54) is 0 Å². The second kappa shape index (κ2) is 5.76. The Hall–Kier alpha value is -1.71. The molecule has 2 rings (SSSR count). The molecule has 0 saturated heterocycles. The monoisotopic (exact) mass is 249 g/mol. The quantitative estimate of drug-likeness (QED) is 0.825. The highest BCUT2D eigenvalue weighted by Gasteiger charge is 2.16. The molecule has 0 spiro atoms. The second-order valence-corrected chi connectivity index (χ2v) is 4.19. The van der Waals surface area contributed by atoms with Gasteiger partial charge in [0.2, 0.25) is 0 Å². The summed E-state index contributed by atoms with van der Waals surface area (Å²) < 4.78 is 11.1. The van der Waals surface area contributed by atoms with Gasteiger partial charge in [0.1, 0.15) is 0 Å². The lowest BCUT2D eigenvalue weighted by Gasteiger charge is -2.19. The van der Waals surface area contributed by atoms with E-state index in [1.54, 1.807) is 17.0 Å². The first-order chi connectivity index (χ1) is 8.76. The topological polar surface area (TPSA) is 38.8 Å². The maximum Gasteiger partial charge on any atom is 0.253 e. The minimum absolute atomic E-state index is 0.0376. The Morgan fingerprint density at radius 1 is 1.17 bits per heavy atom. The summed E-state index contributed by atoms with van der Waals surface area (Å²) in [5.74, 6) is 1.43. The lowest BCUT2D eigenvalue weighted by molar-refractivity contribution is 0.0772. The normalized spacial score (nSPS) is 13.9. The molecule has 0 aliphatic carbocycles. The first kappa shape index (κ1) is 12.7. The van der Waals surface area contributed by atoms with Gasteiger partial charge in [-0.1, -0.05) is 0 Å². The van der Waals surface area contributed by atoms with Crippen LogP contribution < -0.4 is 9.47 Å². The van der Waals surface area contributed by atoms with Crippen molar-refractivity contribution in [2.45, 2.75) is 20.3 Å². The number of benzene rings is 1. The Bertz CT molecular complexity index is 427. The third kappa shape index (κ3) is 2.58. The van der Waals surface area contributed by atoms with Crippen LogP contribution in [0.2, 0.25) is 0 Å². The summed E-state index contributed by atoms with van der Waals surface area (Å²) in [6.07, 6.45) is 0.869. The maximum atomic E-state index is 12.2. The summed E-state index contributed by atoms with van der Waals surface area (Å²) in [7, 11) is 0. The third-order valence-electron chi connectivity index (χ3n) is 3.05. The summed E-state index contributed by atoms with van der Waals surface area (Å²) in [6, 6.07) is 5.40. The molecule has 0 aromatic heterocycles. The van der Waals surface area contributed by atoms with Crippen LogP contribution in [0.4, 0.5) is 0 Å². The molecule has 1 aromatic rings. The van der Waals surface area contributed by atoms with Gasteiger partial charge in [0.15, 0.2) is 11.5 Å². The van der Waals surface area contributed by atoms with Gasteiger partial charge in [-0.3, -0.25) is 4.79 Å². The average molecular weight is 249 g/mol. The van der Waals surface area contributed by atoms with Gasteiger partial charge in [-0.15, -0.1) is 0 Å². The summed E-state index contributed by atoms with van der Waals surface area (Å²) in [5.41, 5.74) is 0.656. The van der Waals surface area contributed by atoms with Gasteiger partial charge >= 0.3 is 0 Å². The highest BCUT2D eigenvalue weighted by molar-refractivity contribution is 5.94. The molecule has 1 aliphatic rings. The van der Waals surface area contributed by atoms with Crippen molar-refractivity contribution in [1.29, 1.82) is 0 Å². The molecule has 98 valence electrons. The van der Waals surface area contributed by atoms with Crippen LogP contribution in [-0.2, 0) is 0 Å². The largest absolute Gasteiger partial charge is 0.490 e. The van der Waals surface area contributed by atoms with Gasteiger partial charge in [0.05, 0.1) is 13.2 Å². The number of hydrogen-bond donors (Lipinski definition) is 0. The number of carbonyl (C=O) groups is 1. The van der Waals surface area contributed by atoms with Crippen molar-refractivity contribution in [3.05, 3.63) is 23.8 Å². The van der Waals surface area contributed by atoms with Crippen LogP contribution in [0.1, 0.15) is 30.6 Å². The van der Waals surface area contributed by atoms with Crippen molar-refractivity contribution in [3.8, 4) is 11.5 Å². The minimum atomic E-state index is 0.0376. The lowest BCUT2D eigenvalue weighted by Crippen LogP contribution is -2.30. The summed E-state index contributed by atoms with van der Waals surface area (Å²) in [5, 5.41) is 0. The van der Waals surface area contributed by atoms with Crippen LogP contribution in [0.5, 0.6) is 11.5 Å². The predicted molar refractivity (Wildman–Crippen MR) is 69.3 cm³/mol.